The minimum absolute atomic E-state index is 0.0838. The molecule has 0 aromatic carbocycles. The molecule has 0 aliphatic heterocycles. The summed E-state index contributed by atoms with van der Waals surface area (Å²) in [4.78, 5) is 0. The van der Waals surface area contributed by atoms with Crippen LogP contribution in [-0.2, 0) is 0 Å². The first-order valence-corrected chi connectivity index (χ1v) is 3.58. The van der Waals surface area contributed by atoms with Gasteiger partial charge in [0.2, 0.25) is 0 Å². The van der Waals surface area contributed by atoms with Gasteiger partial charge in [0, 0.05) is 5.41 Å². The molecule has 0 saturated heterocycles. The number of allylic oxidation sites excluding steroid dienone is 2. The molecule has 0 radical (unpaired) electrons. The van der Waals surface area contributed by atoms with Crippen molar-refractivity contribution in [1.82, 2.24) is 0 Å². The van der Waals surface area contributed by atoms with E-state index < -0.39 is 0 Å². The van der Waals surface area contributed by atoms with Crippen molar-refractivity contribution in [3.8, 4) is 0 Å². The first kappa shape index (κ1) is 7.55. The smallest absolute Gasteiger partial charge is 0.0811 e. The highest BCUT2D eigenvalue weighted by molar-refractivity contribution is 5.26. The maximum atomic E-state index is 9.48. The lowest BCUT2D eigenvalue weighted by molar-refractivity contribution is 0.123. The lowest BCUT2D eigenvalue weighted by Crippen LogP contribution is -2.27. The largest absolute Gasteiger partial charge is 0.388 e. The molecule has 0 heterocycles. The number of aliphatic hydroxyl groups excluding tert-OH is 1. The number of hydrogen-bond donors (Lipinski definition) is 1. The van der Waals surface area contributed by atoms with Crippen molar-refractivity contribution in [3.05, 3.63) is 23.8 Å². The van der Waals surface area contributed by atoms with E-state index in [9.17, 15) is 5.11 Å². The minimum atomic E-state index is -0.322. The summed E-state index contributed by atoms with van der Waals surface area (Å²) >= 11 is 0. The van der Waals surface area contributed by atoms with Crippen LogP contribution in [0.25, 0.3) is 0 Å². The second-order valence-electron chi connectivity index (χ2n) is 3.51. The van der Waals surface area contributed by atoms with Gasteiger partial charge in [0.1, 0.15) is 0 Å². The van der Waals surface area contributed by atoms with Crippen LogP contribution in [0.2, 0.25) is 0 Å². The van der Waals surface area contributed by atoms with Crippen molar-refractivity contribution < 1.29 is 5.11 Å². The summed E-state index contributed by atoms with van der Waals surface area (Å²) in [5.74, 6) is 0. The molecule has 1 aliphatic rings. The molecule has 0 saturated carbocycles. The topological polar surface area (TPSA) is 20.2 Å². The fraction of sp³-hybridized carbons (Fsp3) is 0.556. The van der Waals surface area contributed by atoms with Gasteiger partial charge in [-0.1, -0.05) is 37.6 Å². The Balaban J connectivity index is 2.84. The first-order chi connectivity index (χ1) is 4.52. The van der Waals surface area contributed by atoms with Crippen LogP contribution < -0.4 is 0 Å². The highest BCUT2D eigenvalue weighted by atomic mass is 16.3. The van der Waals surface area contributed by atoms with Crippen molar-refractivity contribution in [2.24, 2.45) is 5.41 Å². The predicted molar refractivity (Wildman–Crippen MR) is 42.7 cm³/mol. The molecule has 0 fully saturated rings. The van der Waals surface area contributed by atoms with Crippen molar-refractivity contribution in [1.29, 1.82) is 0 Å². The Kier molecular flexibility index (Phi) is 1.69. The lowest BCUT2D eigenvalue weighted by Gasteiger charge is -2.28. The van der Waals surface area contributed by atoms with E-state index >= 15 is 0 Å². The summed E-state index contributed by atoms with van der Waals surface area (Å²) in [6, 6.07) is 0. The predicted octanol–water partition coefficient (Wildman–Crippen LogP) is 1.89. The maximum Gasteiger partial charge on any atom is 0.0811 e. The van der Waals surface area contributed by atoms with Gasteiger partial charge in [-0.25, -0.2) is 0 Å². The highest BCUT2D eigenvalue weighted by Gasteiger charge is 2.24. The zero-order valence-electron chi connectivity index (χ0n) is 6.76. The molecule has 1 N–H and O–H groups in total. The van der Waals surface area contributed by atoms with E-state index in [1.165, 1.54) is 0 Å². The Morgan fingerprint density at radius 3 is 2.50 bits per heavy atom. The molecule has 1 heteroatoms. The van der Waals surface area contributed by atoms with Gasteiger partial charge in [0.05, 0.1) is 6.10 Å². The van der Waals surface area contributed by atoms with Crippen LogP contribution in [0.3, 0.4) is 0 Å². The lowest BCUT2D eigenvalue weighted by atomic mass is 9.82. The van der Waals surface area contributed by atoms with Crippen LogP contribution in [0.4, 0.5) is 0 Å². The summed E-state index contributed by atoms with van der Waals surface area (Å²) in [6.07, 6.45) is 5.66. The van der Waals surface area contributed by atoms with Gasteiger partial charge in [-0.05, 0) is 6.92 Å². The van der Waals surface area contributed by atoms with E-state index in [1.807, 2.05) is 39.0 Å². The summed E-state index contributed by atoms with van der Waals surface area (Å²) < 4.78 is 0. The number of aliphatic hydroxyl groups is 1. The van der Waals surface area contributed by atoms with Crippen molar-refractivity contribution in [2.45, 2.75) is 26.9 Å². The van der Waals surface area contributed by atoms with E-state index in [1.54, 1.807) is 0 Å². The fourth-order valence-corrected chi connectivity index (χ4v) is 0.964. The Labute approximate surface area is 62.1 Å². The molecule has 0 spiro atoms. The Morgan fingerprint density at radius 2 is 2.10 bits per heavy atom. The minimum Gasteiger partial charge on any atom is -0.388 e. The first-order valence-electron chi connectivity index (χ1n) is 3.58. The molecule has 0 amide bonds. The summed E-state index contributed by atoms with van der Waals surface area (Å²) in [5, 5.41) is 9.48. The van der Waals surface area contributed by atoms with Gasteiger partial charge in [-0.2, -0.15) is 0 Å². The Morgan fingerprint density at radius 1 is 1.50 bits per heavy atom. The molecule has 0 aromatic rings. The van der Waals surface area contributed by atoms with Gasteiger partial charge in [-0.15, -0.1) is 0 Å². The Bertz CT molecular complexity index is 187. The third-order valence-electron chi connectivity index (χ3n) is 1.96. The van der Waals surface area contributed by atoms with Crippen LogP contribution in [0.15, 0.2) is 23.8 Å². The quantitative estimate of drug-likeness (QED) is 0.542. The molecular weight excluding hydrogens is 124 g/mol. The van der Waals surface area contributed by atoms with Gasteiger partial charge >= 0.3 is 0 Å². The Hall–Kier alpha value is -0.560. The molecular formula is C9H14O. The van der Waals surface area contributed by atoms with Gasteiger partial charge in [0.15, 0.2) is 0 Å². The fourth-order valence-electron chi connectivity index (χ4n) is 0.964. The molecule has 1 aliphatic carbocycles. The van der Waals surface area contributed by atoms with Gasteiger partial charge in [0.25, 0.3) is 0 Å². The highest BCUT2D eigenvalue weighted by Crippen LogP contribution is 2.28. The summed E-state index contributed by atoms with van der Waals surface area (Å²) in [7, 11) is 0. The summed E-state index contributed by atoms with van der Waals surface area (Å²) in [5.41, 5.74) is 1.06. The van der Waals surface area contributed by atoms with E-state index in [0.29, 0.717) is 0 Å². The molecule has 0 bridgehead atoms. The standard InChI is InChI=1S/C9H14O/c1-7-4-5-9(2,3)8(10)6-7/h4-6,8,10H,1-3H3. The van der Waals surface area contributed by atoms with E-state index in [4.69, 9.17) is 0 Å². The third-order valence-corrected chi connectivity index (χ3v) is 1.96. The van der Waals surface area contributed by atoms with E-state index in [-0.39, 0.29) is 11.5 Å². The molecule has 1 rings (SSSR count). The normalized spacial score (nSPS) is 30.0. The molecule has 10 heavy (non-hydrogen) atoms. The zero-order valence-corrected chi connectivity index (χ0v) is 6.76. The van der Waals surface area contributed by atoms with Crippen LogP contribution in [-0.4, -0.2) is 11.2 Å². The van der Waals surface area contributed by atoms with Crippen molar-refractivity contribution >= 4 is 0 Å². The van der Waals surface area contributed by atoms with Gasteiger partial charge in [-0.3, -0.25) is 0 Å². The second kappa shape index (κ2) is 2.24. The summed E-state index contributed by atoms with van der Waals surface area (Å²) in [6.45, 7) is 6.04. The average Bonchev–Trinajstić information content (AvgIpc) is 1.81. The van der Waals surface area contributed by atoms with Crippen molar-refractivity contribution in [2.75, 3.05) is 0 Å². The maximum absolute atomic E-state index is 9.48. The van der Waals surface area contributed by atoms with Gasteiger partial charge < -0.3 is 5.11 Å². The molecule has 0 aromatic heterocycles. The van der Waals surface area contributed by atoms with E-state index in [0.717, 1.165) is 5.57 Å². The molecule has 1 atom stereocenters. The van der Waals surface area contributed by atoms with Crippen LogP contribution >= 0.6 is 0 Å². The van der Waals surface area contributed by atoms with Crippen LogP contribution in [0.5, 0.6) is 0 Å². The third kappa shape index (κ3) is 1.29. The molecule has 1 unspecified atom stereocenters. The number of rotatable bonds is 0. The van der Waals surface area contributed by atoms with Crippen LogP contribution in [0, 0.1) is 5.41 Å². The second-order valence-corrected chi connectivity index (χ2v) is 3.51. The van der Waals surface area contributed by atoms with Crippen LogP contribution in [0.1, 0.15) is 20.8 Å². The number of hydrogen-bond acceptors (Lipinski definition) is 1. The monoisotopic (exact) mass is 138 g/mol. The average molecular weight is 138 g/mol. The molecule has 56 valence electrons. The zero-order chi connectivity index (χ0) is 7.78. The van der Waals surface area contributed by atoms with Crippen molar-refractivity contribution in [3.63, 3.8) is 0 Å². The molecule has 1 nitrogen and oxygen atoms in total. The SMILES string of the molecule is CC1=CC(O)C(C)(C)C=C1. The van der Waals surface area contributed by atoms with E-state index in [2.05, 4.69) is 0 Å².